The molecule has 2 aromatic rings. The maximum absolute atomic E-state index is 13.2. The minimum Gasteiger partial charge on any atom is -0.327 e. The van der Waals surface area contributed by atoms with Crippen molar-refractivity contribution in [2.24, 2.45) is 0 Å². The standard InChI is InChI=1S/C19H15ClN4O4/c1-22-15-10-23(13-3-2-4-14(9-13)24(27)28)18(25)16(15)17(21-19(22)26)11-5-7-12(20)8-6-11/h2-9,17H,10H2,1H3,(H,21,26)/t17-/m0/s1. The van der Waals surface area contributed by atoms with Crippen LogP contribution in [0.5, 0.6) is 0 Å². The first-order chi connectivity index (χ1) is 13.4. The van der Waals surface area contributed by atoms with Crippen molar-refractivity contribution in [3.05, 3.63) is 80.5 Å². The number of carbonyl (C=O) groups excluding carboxylic acids is 2. The average Bonchev–Trinajstić information content (AvgIpc) is 3.03. The molecule has 0 fully saturated rings. The largest absolute Gasteiger partial charge is 0.327 e. The van der Waals surface area contributed by atoms with E-state index in [1.165, 1.54) is 28.0 Å². The molecule has 2 aromatic carbocycles. The Bertz CT molecular complexity index is 1030. The molecule has 8 nitrogen and oxygen atoms in total. The number of benzene rings is 2. The molecule has 0 aromatic heterocycles. The zero-order chi connectivity index (χ0) is 20.0. The summed E-state index contributed by atoms with van der Waals surface area (Å²) in [5.41, 5.74) is 2.04. The van der Waals surface area contributed by atoms with E-state index in [0.717, 1.165) is 5.56 Å². The number of hydrogen-bond acceptors (Lipinski definition) is 4. The van der Waals surface area contributed by atoms with Crippen molar-refractivity contribution in [2.75, 3.05) is 18.5 Å². The number of nitrogens with zero attached hydrogens (tertiary/aromatic N) is 3. The smallest absolute Gasteiger partial charge is 0.322 e. The molecule has 0 spiro atoms. The number of nitrogens with one attached hydrogen (secondary N) is 1. The van der Waals surface area contributed by atoms with Crippen LogP contribution >= 0.6 is 11.6 Å². The minimum absolute atomic E-state index is 0.105. The second-order valence-electron chi connectivity index (χ2n) is 6.52. The number of nitro groups is 1. The molecular weight excluding hydrogens is 384 g/mol. The highest BCUT2D eigenvalue weighted by atomic mass is 35.5. The van der Waals surface area contributed by atoms with Crippen LogP contribution in [0.3, 0.4) is 0 Å². The predicted octanol–water partition coefficient (Wildman–Crippen LogP) is 3.25. The summed E-state index contributed by atoms with van der Waals surface area (Å²) in [5.74, 6) is -0.303. The van der Waals surface area contributed by atoms with E-state index in [2.05, 4.69) is 5.32 Å². The summed E-state index contributed by atoms with van der Waals surface area (Å²) in [6.07, 6.45) is 0. The number of hydrogen-bond donors (Lipinski definition) is 1. The van der Waals surface area contributed by atoms with Crippen LogP contribution in [-0.4, -0.2) is 35.4 Å². The Labute approximate surface area is 165 Å². The maximum atomic E-state index is 13.2. The molecule has 0 saturated heterocycles. The molecule has 2 heterocycles. The van der Waals surface area contributed by atoms with Gasteiger partial charge in [-0.25, -0.2) is 4.79 Å². The van der Waals surface area contributed by atoms with Gasteiger partial charge in [-0.05, 0) is 23.8 Å². The maximum Gasteiger partial charge on any atom is 0.322 e. The lowest BCUT2D eigenvalue weighted by Gasteiger charge is -2.31. The Morgan fingerprint density at radius 3 is 2.57 bits per heavy atom. The fourth-order valence-electron chi connectivity index (χ4n) is 3.46. The van der Waals surface area contributed by atoms with Gasteiger partial charge in [-0.15, -0.1) is 0 Å². The van der Waals surface area contributed by atoms with Gasteiger partial charge in [0.2, 0.25) is 0 Å². The summed E-state index contributed by atoms with van der Waals surface area (Å²) in [4.78, 5) is 39.0. The van der Waals surface area contributed by atoms with Crippen molar-refractivity contribution in [1.29, 1.82) is 0 Å². The Morgan fingerprint density at radius 1 is 1.18 bits per heavy atom. The summed E-state index contributed by atoms with van der Waals surface area (Å²) in [6.45, 7) is 0.156. The molecule has 0 bridgehead atoms. The second-order valence-corrected chi connectivity index (χ2v) is 6.96. The van der Waals surface area contributed by atoms with Gasteiger partial charge in [-0.3, -0.25) is 19.8 Å². The Kier molecular flexibility index (Phi) is 4.27. The lowest BCUT2D eigenvalue weighted by atomic mass is 9.96. The van der Waals surface area contributed by atoms with Gasteiger partial charge >= 0.3 is 6.03 Å². The fourth-order valence-corrected chi connectivity index (χ4v) is 3.58. The molecular formula is C19H15ClN4O4. The van der Waals surface area contributed by atoms with Crippen LogP contribution in [0.1, 0.15) is 11.6 Å². The topological polar surface area (TPSA) is 95.8 Å². The van der Waals surface area contributed by atoms with Crippen molar-refractivity contribution < 1.29 is 14.5 Å². The molecule has 3 amide bonds. The lowest BCUT2D eigenvalue weighted by Crippen LogP contribution is -2.45. The Morgan fingerprint density at radius 2 is 1.89 bits per heavy atom. The van der Waals surface area contributed by atoms with E-state index in [1.807, 2.05) is 0 Å². The summed E-state index contributed by atoms with van der Waals surface area (Å²) >= 11 is 5.95. The number of likely N-dealkylation sites (N-methyl/N-ethyl adjacent to an activating group) is 1. The number of nitro benzene ring substituents is 1. The van der Waals surface area contributed by atoms with E-state index in [1.54, 1.807) is 37.4 Å². The Hall–Kier alpha value is -3.39. The molecule has 4 rings (SSSR count). The predicted molar refractivity (Wildman–Crippen MR) is 103 cm³/mol. The molecule has 2 aliphatic rings. The number of urea groups is 1. The molecule has 1 atom stereocenters. The summed E-state index contributed by atoms with van der Waals surface area (Å²) in [6, 6.07) is 11.8. The highest BCUT2D eigenvalue weighted by molar-refractivity contribution is 6.30. The van der Waals surface area contributed by atoms with E-state index in [9.17, 15) is 19.7 Å². The lowest BCUT2D eigenvalue weighted by molar-refractivity contribution is -0.384. The number of carbonyl (C=O) groups is 2. The van der Waals surface area contributed by atoms with E-state index in [4.69, 9.17) is 11.6 Å². The van der Waals surface area contributed by atoms with Gasteiger partial charge in [-0.1, -0.05) is 29.8 Å². The van der Waals surface area contributed by atoms with Crippen molar-refractivity contribution in [2.45, 2.75) is 6.04 Å². The molecule has 1 N–H and O–H groups in total. The first-order valence-electron chi connectivity index (χ1n) is 8.46. The number of halogens is 1. The van der Waals surface area contributed by atoms with Crippen LogP contribution in [-0.2, 0) is 4.79 Å². The molecule has 9 heteroatoms. The normalized spacial score (nSPS) is 19.0. The van der Waals surface area contributed by atoms with Gasteiger partial charge < -0.3 is 10.2 Å². The quantitative estimate of drug-likeness (QED) is 0.634. The third-order valence-corrected chi connectivity index (χ3v) is 5.17. The summed E-state index contributed by atoms with van der Waals surface area (Å²) in [5, 5.41) is 14.5. The minimum atomic E-state index is -0.618. The van der Waals surface area contributed by atoms with E-state index in [0.29, 0.717) is 22.0 Å². The molecule has 142 valence electrons. The Balaban J connectivity index is 1.75. The van der Waals surface area contributed by atoms with Crippen molar-refractivity contribution in [3.8, 4) is 0 Å². The monoisotopic (exact) mass is 398 g/mol. The fraction of sp³-hybridized carbons (Fsp3) is 0.158. The molecule has 2 aliphatic heterocycles. The van der Waals surface area contributed by atoms with Crippen LogP contribution in [0.2, 0.25) is 5.02 Å². The number of amides is 3. The first kappa shape index (κ1) is 18.0. The van der Waals surface area contributed by atoms with Crippen LogP contribution in [0.25, 0.3) is 0 Å². The number of non-ortho nitro benzene ring substituents is 1. The number of rotatable bonds is 3. The van der Waals surface area contributed by atoms with E-state index < -0.39 is 11.0 Å². The van der Waals surface area contributed by atoms with Gasteiger partial charge in [0.15, 0.2) is 0 Å². The van der Waals surface area contributed by atoms with Gasteiger partial charge in [0, 0.05) is 24.2 Å². The highest BCUT2D eigenvalue weighted by Gasteiger charge is 2.43. The molecule has 0 radical (unpaired) electrons. The average molecular weight is 399 g/mol. The van der Waals surface area contributed by atoms with Crippen molar-refractivity contribution in [3.63, 3.8) is 0 Å². The molecule has 0 aliphatic carbocycles. The van der Waals surface area contributed by atoms with E-state index >= 15 is 0 Å². The van der Waals surface area contributed by atoms with Crippen LogP contribution < -0.4 is 10.2 Å². The number of anilines is 1. The van der Waals surface area contributed by atoms with E-state index in [-0.39, 0.29) is 24.2 Å². The molecule has 28 heavy (non-hydrogen) atoms. The van der Waals surface area contributed by atoms with Gasteiger partial charge in [0.25, 0.3) is 11.6 Å². The van der Waals surface area contributed by atoms with Crippen LogP contribution in [0.15, 0.2) is 59.8 Å². The molecule has 0 saturated carbocycles. The van der Waals surface area contributed by atoms with Gasteiger partial charge in [-0.2, -0.15) is 0 Å². The molecule has 0 unspecified atom stereocenters. The van der Waals surface area contributed by atoms with Crippen molar-refractivity contribution >= 4 is 34.9 Å². The van der Waals surface area contributed by atoms with Crippen LogP contribution in [0, 0.1) is 10.1 Å². The summed E-state index contributed by atoms with van der Waals surface area (Å²) < 4.78 is 0. The third kappa shape index (κ3) is 2.87. The van der Waals surface area contributed by atoms with Gasteiger partial charge in [0.05, 0.1) is 34.5 Å². The zero-order valence-electron chi connectivity index (χ0n) is 14.8. The highest BCUT2D eigenvalue weighted by Crippen LogP contribution is 2.38. The third-order valence-electron chi connectivity index (χ3n) is 4.92. The second kappa shape index (κ2) is 6.65. The van der Waals surface area contributed by atoms with Gasteiger partial charge in [0.1, 0.15) is 0 Å². The SMILES string of the molecule is CN1C(=O)N[C@@H](c2ccc(Cl)cc2)C2=C1CN(c1cccc([N+](=O)[O-])c1)C2=O. The van der Waals surface area contributed by atoms with Crippen molar-refractivity contribution in [1.82, 2.24) is 10.2 Å². The summed E-state index contributed by atoms with van der Waals surface area (Å²) in [7, 11) is 1.59. The van der Waals surface area contributed by atoms with Crippen LogP contribution in [0.4, 0.5) is 16.2 Å². The first-order valence-corrected chi connectivity index (χ1v) is 8.83. The zero-order valence-corrected chi connectivity index (χ0v) is 15.5.